The van der Waals surface area contributed by atoms with Crippen molar-refractivity contribution in [3.63, 3.8) is 0 Å². The van der Waals surface area contributed by atoms with Crippen molar-refractivity contribution in [3.8, 4) is 5.75 Å². The van der Waals surface area contributed by atoms with Crippen LogP contribution < -0.4 is 15.0 Å². The minimum absolute atomic E-state index is 0.00433. The van der Waals surface area contributed by atoms with E-state index in [-0.39, 0.29) is 24.3 Å². The third kappa shape index (κ3) is 5.73. The number of hydrogen-bond donors (Lipinski definition) is 1. The van der Waals surface area contributed by atoms with Crippen LogP contribution in [0.5, 0.6) is 5.75 Å². The van der Waals surface area contributed by atoms with E-state index in [1.807, 2.05) is 55.1 Å². The highest BCUT2D eigenvalue weighted by Crippen LogP contribution is 2.17. The maximum absolute atomic E-state index is 13.0. The van der Waals surface area contributed by atoms with Crippen molar-refractivity contribution < 1.29 is 14.3 Å². The zero-order chi connectivity index (χ0) is 20.6. The topological polar surface area (TPSA) is 61.9 Å². The summed E-state index contributed by atoms with van der Waals surface area (Å²) in [5.41, 5.74) is 1.17. The van der Waals surface area contributed by atoms with Gasteiger partial charge in [-0.05, 0) is 30.2 Å². The van der Waals surface area contributed by atoms with Crippen molar-refractivity contribution in [1.82, 2.24) is 10.2 Å². The number of ether oxygens (including phenoxy) is 1. The fourth-order valence-electron chi connectivity index (χ4n) is 3.41. The van der Waals surface area contributed by atoms with Crippen LogP contribution in [0.4, 0.5) is 5.69 Å². The molecule has 0 aliphatic carbocycles. The minimum Gasteiger partial charge on any atom is -0.484 e. The quantitative estimate of drug-likeness (QED) is 0.783. The smallest absolute Gasteiger partial charge is 0.258 e. The second-order valence-electron chi connectivity index (χ2n) is 7.54. The molecule has 0 saturated carbocycles. The number of rotatable bonds is 7. The van der Waals surface area contributed by atoms with Gasteiger partial charge >= 0.3 is 0 Å². The molecule has 0 bridgehead atoms. The molecule has 0 aromatic heterocycles. The van der Waals surface area contributed by atoms with Crippen LogP contribution in [-0.2, 0) is 9.59 Å². The molecule has 1 saturated heterocycles. The van der Waals surface area contributed by atoms with Gasteiger partial charge in [0.25, 0.3) is 5.91 Å². The molecule has 0 spiro atoms. The zero-order valence-electron chi connectivity index (χ0n) is 17.1. The highest BCUT2D eigenvalue weighted by atomic mass is 16.5. The molecule has 1 fully saturated rings. The number of carbonyl (C=O) groups is 2. The normalized spacial score (nSPS) is 15.1. The first kappa shape index (κ1) is 20.7. The van der Waals surface area contributed by atoms with E-state index >= 15 is 0 Å². The number of hydrogen-bond acceptors (Lipinski definition) is 4. The Morgan fingerprint density at radius 1 is 0.931 bits per heavy atom. The average molecular weight is 396 g/mol. The van der Waals surface area contributed by atoms with Crippen LogP contribution in [0.1, 0.15) is 13.8 Å². The van der Waals surface area contributed by atoms with Gasteiger partial charge in [0.15, 0.2) is 6.61 Å². The average Bonchev–Trinajstić information content (AvgIpc) is 2.77. The fourth-order valence-corrected chi connectivity index (χ4v) is 3.41. The van der Waals surface area contributed by atoms with Crippen LogP contribution >= 0.6 is 0 Å². The molecule has 1 aliphatic rings. The molecule has 6 nitrogen and oxygen atoms in total. The maximum Gasteiger partial charge on any atom is 0.258 e. The van der Waals surface area contributed by atoms with Crippen molar-refractivity contribution in [2.75, 3.05) is 37.7 Å². The zero-order valence-corrected chi connectivity index (χ0v) is 17.1. The standard InChI is InChI=1S/C23H29N3O3/c1-18(2)22(24-21(27)17-29-20-11-7-4-8-12-20)23(28)26-15-13-25(14-16-26)19-9-5-3-6-10-19/h3-12,18,22H,13-17H2,1-2H3,(H,24,27)/t22-/m0/s1. The summed E-state index contributed by atoms with van der Waals surface area (Å²) in [7, 11) is 0. The summed E-state index contributed by atoms with van der Waals surface area (Å²) >= 11 is 0. The van der Waals surface area contributed by atoms with E-state index in [9.17, 15) is 9.59 Å². The van der Waals surface area contributed by atoms with Crippen molar-refractivity contribution in [2.45, 2.75) is 19.9 Å². The second-order valence-corrected chi connectivity index (χ2v) is 7.54. The fraction of sp³-hybridized carbons (Fsp3) is 0.391. The van der Waals surface area contributed by atoms with Crippen LogP contribution in [0.2, 0.25) is 0 Å². The van der Waals surface area contributed by atoms with Gasteiger partial charge in [0.2, 0.25) is 5.91 Å². The maximum atomic E-state index is 13.0. The van der Waals surface area contributed by atoms with Crippen molar-refractivity contribution in [2.24, 2.45) is 5.92 Å². The molecule has 2 aromatic rings. The van der Waals surface area contributed by atoms with Gasteiger partial charge < -0.3 is 19.9 Å². The predicted molar refractivity (Wildman–Crippen MR) is 114 cm³/mol. The lowest BCUT2D eigenvalue weighted by atomic mass is 10.0. The van der Waals surface area contributed by atoms with E-state index < -0.39 is 6.04 Å². The van der Waals surface area contributed by atoms with Gasteiger partial charge in [-0.25, -0.2) is 0 Å². The SMILES string of the molecule is CC(C)[C@H](NC(=O)COc1ccccc1)C(=O)N1CCN(c2ccccc2)CC1. The van der Waals surface area contributed by atoms with Crippen LogP contribution in [0.15, 0.2) is 60.7 Å². The predicted octanol–water partition coefficient (Wildman–Crippen LogP) is 2.56. The molecular formula is C23H29N3O3. The summed E-state index contributed by atoms with van der Waals surface area (Å²) in [6, 6.07) is 18.8. The lowest BCUT2D eigenvalue weighted by Crippen LogP contribution is -2.57. The van der Waals surface area contributed by atoms with Crippen molar-refractivity contribution in [1.29, 1.82) is 0 Å². The summed E-state index contributed by atoms with van der Waals surface area (Å²) in [4.78, 5) is 29.5. The van der Waals surface area contributed by atoms with Gasteiger partial charge in [0.1, 0.15) is 11.8 Å². The number of para-hydroxylation sites is 2. The van der Waals surface area contributed by atoms with Gasteiger partial charge in [0.05, 0.1) is 0 Å². The molecule has 2 aromatic carbocycles. The molecule has 154 valence electrons. The molecule has 1 heterocycles. The van der Waals surface area contributed by atoms with Gasteiger partial charge in [-0.1, -0.05) is 50.2 Å². The minimum atomic E-state index is -0.551. The summed E-state index contributed by atoms with van der Waals surface area (Å²) < 4.78 is 5.49. The number of nitrogens with one attached hydrogen (secondary N) is 1. The van der Waals surface area contributed by atoms with E-state index in [0.717, 1.165) is 13.1 Å². The number of benzene rings is 2. The number of anilines is 1. The van der Waals surface area contributed by atoms with E-state index in [4.69, 9.17) is 4.74 Å². The molecular weight excluding hydrogens is 366 g/mol. The third-order valence-electron chi connectivity index (χ3n) is 5.08. The molecule has 1 aliphatic heterocycles. The lowest BCUT2D eigenvalue weighted by Gasteiger charge is -2.38. The summed E-state index contributed by atoms with van der Waals surface area (Å²) in [5, 5.41) is 2.86. The Hall–Kier alpha value is -3.02. The van der Waals surface area contributed by atoms with Crippen molar-refractivity contribution in [3.05, 3.63) is 60.7 Å². The molecule has 1 N–H and O–H groups in total. The Balaban J connectivity index is 1.52. The number of nitrogens with zero attached hydrogens (tertiary/aromatic N) is 2. The molecule has 1 atom stereocenters. The van der Waals surface area contributed by atoms with Gasteiger partial charge in [-0.15, -0.1) is 0 Å². The summed E-state index contributed by atoms with van der Waals surface area (Å²) in [5.74, 6) is 0.312. The first-order valence-electron chi connectivity index (χ1n) is 10.1. The Bertz CT molecular complexity index is 788. The van der Waals surface area contributed by atoms with Crippen LogP contribution in [0.25, 0.3) is 0 Å². The first-order valence-corrected chi connectivity index (χ1v) is 10.1. The van der Waals surface area contributed by atoms with Gasteiger partial charge in [0, 0.05) is 31.9 Å². The molecule has 6 heteroatoms. The lowest BCUT2D eigenvalue weighted by molar-refractivity contribution is -0.138. The van der Waals surface area contributed by atoms with Gasteiger partial charge in [-0.3, -0.25) is 9.59 Å². The Kier molecular flexibility index (Phi) is 7.11. The Morgan fingerprint density at radius 3 is 2.10 bits per heavy atom. The van der Waals surface area contributed by atoms with Crippen LogP contribution in [0.3, 0.4) is 0 Å². The van der Waals surface area contributed by atoms with Crippen molar-refractivity contribution >= 4 is 17.5 Å². The Labute approximate surface area is 172 Å². The summed E-state index contributed by atoms with van der Waals surface area (Å²) in [6.45, 7) is 6.64. The van der Waals surface area contributed by atoms with E-state index in [0.29, 0.717) is 18.8 Å². The highest BCUT2D eigenvalue weighted by Gasteiger charge is 2.30. The molecule has 3 rings (SSSR count). The van der Waals surface area contributed by atoms with E-state index in [1.165, 1.54) is 5.69 Å². The van der Waals surface area contributed by atoms with Crippen LogP contribution in [-0.4, -0.2) is 55.5 Å². The largest absolute Gasteiger partial charge is 0.484 e. The molecule has 0 radical (unpaired) electrons. The van der Waals surface area contributed by atoms with Gasteiger partial charge in [-0.2, -0.15) is 0 Å². The number of piperazine rings is 1. The van der Waals surface area contributed by atoms with E-state index in [1.54, 1.807) is 12.1 Å². The summed E-state index contributed by atoms with van der Waals surface area (Å²) in [6.07, 6.45) is 0. The third-order valence-corrected chi connectivity index (χ3v) is 5.08. The van der Waals surface area contributed by atoms with E-state index in [2.05, 4.69) is 22.3 Å². The first-order chi connectivity index (χ1) is 14.0. The Morgan fingerprint density at radius 2 is 1.52 bits per heavy atom. The number of carbonyl (C=O) groups excluding carboxylic acids is 2. The second kappa shape index (κ2) is 9.96. The number of amides is 2. The highest BCUT2D eigenvalue weighted by molar-refractivity contribution is 5.88. The molecule has 29 heavy (non-hydrogen) atoms. The van der Waals surface area contributed by atoms with Crippen LogP contribution in [0, 0.1) is 5.92 Å². The monoisotopic (exact) mass is 395 g/mol. The molecule has 2 amide bonds. The molecule has 0 unspecified atom stereocenters.